The van der Waals surface area contributed by atoms with Crippen LogP contribution >= 0.6 is 0 Å². The topological polar surface area (TPSA) is 70.7 Å². The number of benzene rings is 1. The molecule has 0 radical (unpaired) electrons. The van der Waals surface area contributed by atoms with E-state index < -0.39 is 0 Å². The third-order valence-corrected chi connectivity index (χ3v) is 3.34. The number of carbonyl (C=O) groups excluding carboxylic acids is 2. The van der Waals surface area contributed by atoms with Crippen molar-refractivity contribution in [2.45, 2.75) is 19.8 Å². The first kappa shape index (κ1) is 15.2. The summed E-state index contributed by atoms with van der Waals surface area (Å²) in [6.07, 6.45) is 1.62. The van der Waals surface area contributed by atoms with Crippen LogP contribution in [0.3, 0.4) is 0 Å². The van der Waals surface area contributed by atoms with Crippen LogP contribution in [0.15, 0.2) is 18.2 Å². The zero-order valence-electron chi connectivity index (χ0n) is 12.4. The molecule has 0 saturated heterocycles. The van der Waals surface area contributed by atoms with Gasteiger partial charge in [0.05, 0.1) is 5.69 Å². The number of nitrogens with one attached hydrogen (secondary N) is 2. The van der Waals surface area contributed by atoms with Crippen LogP contribution in [0.4, 0.5) is 10.5 Å². The Morgan fingerprint density at radius 3 is 2.86 bits per heavy atom. The Labute approximate surface area is 124 Å². The molecule has 1 aromatic carbocycles. The molecule has 0 unspecified atom stereocenters. The molecule has 114 valence electrons. The molecule has 0 bridgehead atoms. The van der Waals surface area contributed by atoms with Crippen LogP contribution in [-0.4, -0.2) is 38.7 Å². The first-order valence-corrected chi connectivity index (χ1v) is 7.15. The monoisotopic (exact) mass is 291 g/mol. The molecule has 21 heavy (non-hydrogen) atoms. The smallest absolute Gasteiger partial charge is 0.314 e. The summed E-state index contributed by atoms with van der Waals surface area (Å²) in [7, 11) is 1.74. The van der Waals surface area contributed by atoms with Gasteiger partial charge in [-0.05, 0) is 30.5 Å². The number of nitrogens with zero attached hydrogens (tertiary/aromatic N) is 1. The van der Waals surface area contributed by atoms with Gasteiger partial charge in [-0.15, -0.1) is 0 Å². The van der Waals surface area contributed by atoms with E-state index in [-0.39, 0.29) is 18.5 Å². The Morgan fingerprint density at radius 1 is 1.33 bits per heavy atom. The summed E-state index contributed by atoms with van der Waals surface area (Å²) in [4.78, 5) is 24.6. The fraction of sp³-hybridized carbons (Fsp3) is 0.467. The maximum absolute atomic E-state index is 11.6. The van der Waals surface area contributed by atoms with Crippen molar-refractivity contribution in [3.63, 3.8) is 0 Å². The fourth-order valence-electron chi connectivity index (χ4n) is 2.09. The van der Waals surface area contributed by atoms with Crippen LogP contribution in [0.2, 0.25) is 0 Å². The molecule has 1 aliphatic heterocycles. The summed E-state index contributed by atoms with van der Waals surface area (Å²) in [6.45, 7) is 3.32. The van der Waals surface area contributed by atoms with Crippen molar-refractivity contribution in [2.75, 3.05) is 31.6 Å². The van der Waals surface area contributed by atoms with E-state index in [1.54, 1.807) is 11.9 Å². The number of urea groups is 1. The van der Waals surface area contributed by atoms with Gasteiger partial charge in [-0.1, -0.05) is 13.0 Å². The van der Waals surface area contributed by atoms with E-state index in [0.29, 0.717) is 19.5 Å². The van der Waals surface area contributed by atoms with Crippen LogP contribution in [0.25, 0.3) is 0 Å². The van der Waals surface area contributed by atoms with Crippen LogP contribution in [0.5, 0.6) is 5.75 Å². The van der Waals surface area contributed by atoms with Gasteiger partial charge in [0.2, 0.25) is 0 Å². The molecular weight excluding hydrogens is 270 g/mol. The molecule has 0 aromatic heterocycles. The highest BCUT2D eigenvalue weighted by Crippen LogP contribution is 2.31. The van der Waals surface area contributed by atoms with Gasteiger partial charge in [0, 0.05) is 20.1 Å². The number of hydrogen-bond acceptors (Lipinski definition) is 3. The van der Waals surface area contributed by atoms with Gasteiger partial charge in [0.1, 0.15) is 5.75 Å². The number of rotatable bonds is 5. The van der Waals surface area contributed by atoms with E-state index in [2.05, 4.69) is 10.6 Å². The first-order valence-electron chi connectivity index (χ1n) is 7.15. The van der Waals surface area contributed by atoms with Crippen molar-refractivity contribution in [1.82, 2.24) is 10.6 Å². The Kier molecular flexibility index (Phi) is 5.03. The second-order valence-electron chi connectivity index (χ2n) is 4.98. The molecule has 1 aliphatic rings. The minimum Gasteiger partial charge on any atom is -0.482 e. The van der Waals surface area contributed by atoms with Crippen LogP contribution in [0.1, 0.15) is 18.9 Å². The van der Waals surface area contributed by atoms with Crippen LogP contribution in [-0.2, 0) is 11.2 Å². The number of fused-ring (bicyclic) bond motifs is 1. The van der Waals surface area contributed by atoms with E-state index >= 15 is 0 Å². The summed E-state index contributed by atoms with van der Waals surface area (Å²) in [6, 6.07) is 5.60. The largest absolute Gasteiger partial charge is 0.482 e. The van der Waals surface area contributed by atoms with Crippen molar-refractivity contribution < 1.29 is 14.3 Å². The van der Waals surface area contributed by atoms with E-state index in [0.717, 1.165) is 23.4 Å². The standard InChI is InChI=1S/C15H21N3O3/c1-3-7-16-15(20)17-8-6-11-4-5-13-12(9-11)18(2)14(19)10-21-13/h4-5,9H,3,6-8,10H2,1-2H3,(H2,16,17,20). The second kappa shape index (κ2) is 6.97. The maximum atomic E-state index is 11.6. The molecule has 1 aromatic rings. The number of ether oxygens (including phenoxy) is 1. The molecule has 0 fully saturated rings. The highest BCUT2D eigenvalue weighted by molar-refractivity contribution is 5.97. The molecule has 6 heteroatoms. The van der Waals surface area contributed by atoms with E-state index in [1.165, 1.54) is 0 Å². The molecular formula is C15H21N3O3. The Hall–Kier alpha value is -2.24. The summed E-state index contributed by atoms with van der Waals surface area (Å²) in [5.74, 6) is 0.659. The molecule has 0 saturated carbocycles. The zero-order valence-corrected chi connectivity index (χ0v) is 12.4. The molecule has 0 spiro atoms. The molecule has 1 heterocycles. The molecule has 0 atom stereocenters. The lowest BCUT2D eigenvalue weighted by atomic mass is 10.1. The predicted molar refractivity (Wildman–Crippen MR) is 80.7 cm³/mol. The average Bonchev–Trinajstić information content (AvgIpc) is 2.49. The van der Waals surface area contributed by atoms with Gasteiger partial charge in [-0.25, -0.2) is 4.79 Å². The third kappa shape index (κ3) is 3.87. The summed E-state index contributed by atoms with van der Waals surface area (Å²) < 4.78 is 5.38. The Bertz CT molecular complexity index is 531. The van der Waals surface area contributed by atoms with Crippen LogP contribution < -0.4 is 20.3 Å². The summed E-state index contributed by atoms with van der Waals surface area (Å²) in [5, 5.41) is 5.56. The molecule has 2 rings (SSSR count). The van der Waals surface area contributed by atoms with Crippen molar-refractivity contribution >= 4 is 17.6 Å². The SMILES string of the molecule is CCCNC(=O)NCCc1ccc2c(c1)N(C)C(=O)CO2. The van der Waals surface area contributed by atoms with Crippen molar-refractivity contribution in [1.29, 1.82) is 0 Å². The van der Waals surface area contributed by atoms with Crippen molar-refractivity contribution in [2.24, 2.45) is 0 Å². The highest BCUT2D eigenvalue weighted by atomic mass is 16.5. The lowest BCUT2D eigenvalue weighted by molar-refractivity contribution is -0.120. The van der Waals surface area contributed by atoms with Gasteiger partial charge in [0.25, 0.3) is 5.91 Å². The maximum Gasteiger partial charge on any atom is 0.314 e. The molecule has 3 amide bonds. The number of hydrogen-bond donors (Lipinski definition) is 2. The third-order valence-electron chi connectivity index (χ3n) is 3.34. The van der Waals surface area contributed by atoms with E-state index in [4.69, 9.17) is 4.74 Å². The summed E-state index contributed by atoms with van der Waals surface area (Å²) >= 11 is 0. The number of anilines is 1. The predicted octanol–water partition coefficient (Wildman–Crippen LogP) is 1.29. The number of carbonyl (C=O) groups is 2. The summed E-state index contributed by atoms with van der Waals surface area (Å²) in [5.41, 5.74) is 1.83. The second-order valence-corrected chi connectivity index (χ2v) is 4.98. The number of amides is 3. The number of likely N-dealkylation sites (N-methyl/N-ethyl adjacent to an activating group) is 1. The molecule has 6 nitrogen and oxygen atoms in total. The van der Waals surface area contributed by atoms with Crippen molar-refractivity contribution in [3.8, 4) is 5.75 Å². The van der Waals surface area contributed by atoms with E-state index in [1.807, 2.05) is 25.1 Å². The van der Waals surface area contributed by atoms with Gasteiger partial charge in [-0.3, -0.25) is 4.79 Å². The minimum atomic E-state index is -0.148. The lowest BCUT2D eigenvalue weighted by Gasteiger charge is -2.26. The molecule has 2 N–H and O–H groups in total. The minimum absolute atomic E-state index is 0.0586. The lowest BCUT2D eigenvalue weighted by Crippen LogP contribution is -2.37. The average molecular weight is 291 g/mol. The van der Waals surface area contributed by atoms with Gasteiger partial charge in [0.15, 0.2) is 6.61 Å². The Balaban J connectivity index is 1.90. The normalized spacial score (nSPS) is 13.4. The fourth-order valence-corrected chi connectivity index (χ4v) is 2.09. The van der Waals surface area contributed by atoms with Gasteiger partial charge in [-0.2, -0.15) is 0 Å². The van der Waals surface area contributed by atoms with Crippen LogP contribution in [0, 0.1) is 0 Å². The highest BCUT2D eigenvalue weighted by Gasteiger charge is 2.22. The van der Waals surface area contributed by atoms with E-state index in [9.17, 15) is 9.59 Å². The van der Waals surface area contributed by atoms with Crippen molar-refractivity contribution in [3.05, 3.63) is 23.8 Å². The Morgan fingerprint density at radius 2 is 2.10 bits per heavy atom. The first-order chi connectivity index (χ1) is 10.1. The van der Waals surface area contributed by atoms with Gasteiger partial charge >= 0.3 is 6.03 Å². The quantitative estimate of drug-likeness (QED) is 0.859. The zero-order chi connectivity index (χ0) is 15.2. The van der Waals surface area contributed by atoms with Gasteiger partial charge < -0.3 is 20.3 Å². The molecule has 0 aliphatic carbocycles.